The highest BCUT2D eigenvalue weighted by Gasteiger charge is 2.18. The molecule has 29 heavy (non-hydrogen) atoms. The van der Waals surface area contributed by atoms with Crippen LogP contribution in [0.4, 0.5) is 0 Å². The number of piperidine rings is 1. The van der Waals surface area contributed by atoms with Gasteiger partial charge in [-0.2, -0.15) is 0 Å². The van der Waals surface area contributed by atoms with E-state index in [9.17, 15) is 9.90 Å². The number of rotatable bonds is 8. The van der Waals surface area contributed by atoms with E-state index in [2.05, 4.69) is 10.3 Å². The van der Waals surface area contributed by atoms with Gasteiger partial charge in [0.25, 0.3) is 0 Å². The van der Waals surface area contributed by atoms with E-state index >= 15 is 0 Å². The smallest absolute Gasteiger partial charge is 0.209 e. The molecule has 1 fully saturated rings. The molecule has 1 aliphatic heterocycles. The van der Waals surface area contributed by atoms with Crippen molar-refractivity contribution in [2.75, 3.05) is 26.7 Å². The first-order chi connectivity index (χ1) is 13.9. The number of phenolic OH excluding ortho intramolecular Hbond substituents is 1. The van der Waals surface area contributed by atoms with Crippen molar-refractivity contribution < 1.29 is 9.90 Å². The molecule has 156 valence electrons. The van der Waals surface area contributed by atoms with Crippen LogP contribution in [-0.4, -0.2) is 55.0 Å². The number of aromatic hydroxyl groups is 1. The van der Waals surface area contributed by atoms with Gasteiger partial charge in [0.05, 0.1) is 5.71 Å². The minimum Gasteiger partial charge on any atom is -0.507 e. The summed E-state index contributed by atoms with van der Waals surface area (Å²) >= 11 is 0. The zero-order valence-corrected chi connectivity index (χ0v) is 17.9. The standard InChI is InChI=1S/C23H32N4O2/c1-17(13-24-4)19(3)26-22(21-9-5-6-10-23(21)29)12-18(2)25-14-20-8-7-11-27(15-20)16-28/h5-6,9-10,12-13,16,20,25,29H,7-8,11,14-15H2,1-4H3/b18-12+,19-17+,24-13?,26-22+. The molecule has 1 aromatic carbocycles. The maximum atomic E-state index is 11.0. The number of amides is 1. The van der Waals surface area contributed by atoms with Crippen molar-refractivity contribution in [2.24, 2.45) is 15.9 Å². The zero-order chi connectivity index (χ0) is 21.2. The molecular formula is C23H32N4O2. The molecule has 0 radical (unpaired) electrons. The third-order valence-corrected chi connectivity index (χ3v) is 5.08. The highest BCUT2D eigenvalue weighted by Crippen LogP contribution is 2.20. The van der Waals surface area contributed by atoms with Crippen LogP contribution in [0, 0.1) is 5.92 Å². The molecule has 6 heteroatoms. The SMILES string of the molecule is CN=C/C(C)=C(C)/N=C(\C=C(/C)NCC1CCCN(C=O)C1)c1ccccc1O. The zero-order valence-electron chi connectivity index (χ0n) is 17.9. The first-order valence-electron chi connectivity index (χ1n) is 10.0. The Morgan fingerprint density at radius 3 is 2.76 bits per heavy atom. The second-order valence-electron chi connectivity index (χ2n) is 7.49. The Morgan fingerprint density at radius 1 is 1.31 bits per heavy atom. The Hall–Kier alpha value is -2.89. The van der Waals surface area contributed by atoms with Crippen molar-refractivity contribution in [1.29, 1.82) is 0 Å². The maximum Gasteiger partial charge on any atom is 0.209 e. The molecule has 1 saturated heterocycles. The summed E-state index contributed by atoms with van der Waals surface area (Å²) in [6.45, 7) is 8.34. The third kappa shape index (κ3) is 6.89. The number of aliphatic imine (C=N–C) groups is 2. The number of hydrogen-bond donors (Lipinski definition) is 2. The lowest BCUT2D eigenvalue weighted by Gasteiger charge is -2.30. The van der Waals surface area contributed by atoms with Gasteiger partial charge in [-0.1, -0.05) is 12.1 Å². The molecule has 0 aromatic heterocycles. The number of nitrogens with one attached hydrogen (secondary N) is 1. The Kier molecular flexibility index (Phi) is 8.65. The molecule has 1 amide bonds. The average molecular weight is 397 g/mol. The maximum absolute atomic E-state index is 11.0. The van der Waals surface area contributed by atoms with Crippen molar-refractivity contribution in [1.82, 2.24) is 10.2 Å². The molecule has 0 aliphatic carbocycles. The minimum absolute atomic E-state index is 0.193. The normalized spacial score (nSPS) is 19.3. The van der Waals surface area contributed by atoms with Gasteiger partial charge in [0.2, 0.25) is 6.41 Å². The first kappa shape index (κ1) is 22.4. The molecule has 0 bridgehead atoms. The topological polar surface area (TPSA) is 77.3 Å². The summed E-state index contributed by atoms with van der Waals surface area (Å²) in [5.74, 6) is 0.631. The van der Waals surface area contributed by atoms with Crippen molar-refractivity contribution in [2.45, 2.75) is 33.6 Å². The molecule has 0 spiro atoms. The lowest BCUT2D eigenvalue weighted by Crippen LogP contribution is -2.38. The highest BCUT2D eigenvalue weighted by molar-refractivity contribution is 6.11. The molecule has 6 nitrogen and oxygen atoms in total. The number of carbonyl (C=O) groups excluding carboxylic acids is 1. The van der Waals surface area contributed by atoms with Crippen molar-refractivity contribution in [3.63, 3.8) is 0 Å². The van der Waals surface area contributed by atoms with Crippen LogP contribution in [0.15, 0.2) is 57.3 Å². The van der Waals surface area contributed by atoms with Gasteiger partial charge < -0.3 is 15.3 Å². The highest BCUT2D eigenvalue weighted by atomic mass is 16.3. The van der Waals surface area contributed by atoms with Crippen LogP contribution in [0.2, 0.25) is 0 Å². The van der Waals surface area contributed by atoms with E-state index in [4.69, 9.17) is 4.99 Å². The van der Waals surface area contributed by atoms with Gasteiger partial charge in [-0.15, -0.1) is 0 Å². The monoisotopic (exact) mass is 396 g/mol. The van der Waals surface area contributed by atoms with Gasteiger partial charge in [-0.05, 0) is 63.3 Å². The van der Waals surface area contributed by atoms with Crippen LogP contribution < -0.4 is 5.32 Å². The molecule has 2 N–H and O–H groups in total. The van der Waals surface area contributed by atoms with E-state index < -0.39 is 0 Å². The predicted molar refractivity (Wildman–Crippen MR) is 120 cm³/mol. The Bertz CT molecular complexity index is 824. The third-order valence-electron chi connectivity index (χ3n) is 5.08. The number of hydrogen-bond acceptors (Lipinski definition) is 5. The Labute approximate surface area is 173 Å². The lowest BCUT2D eigenvalue weighted by atomic mass is 9.98. The molecule has 2 rings (SSSR count). The van der Waals surface area contributed by atoms with Crippen molar-refractivity contribution in [3.8, 4) is 5.75 Å². The summed E-state index contributed by atoms with van der Waals surface area (Å²) in [4.78, 5) is 21.7. The number of phenols is 1. The number of benzene rings is 1. The number of likely N-dealkylation sites (tertiary alicyclic amines) is 1. The van der Waals surface area contributed by atoms with Gasteiger partial charge in [0, 0.05) is 49.9 Å². The molecular weight excluding hydrogens is 364 g/mol. The van der Waals surface area contributed by atoms with Crippen LogP contribution in [0.3, 0.4) is 0 Å². The lowest BCUT2D eigenvalue weighted by molar-refractivity contribution is -0.119. The number of para-hydroxylation sites is 1. The number of nitrogens with zero attached hydrogens (tertiary/aromatic N) is 3. The van der Waals surface area contributed by atoms with Crippen molar-refractivity contribution >= 4 is 18.3 Å². The van der Waals surface area contributed by atoms with E-state index in [1.807, 2.05) is 43.9 Å². The van der Waals surface area contributed by atoms with E-state index in [0.717, 1.165) is 55.9 Å². The predicted octanol–water partition coefficient (Wildman–Crippen LogP) is 3.54. The van der Waals surface area contributed by atoms with Crippen LogP contribution >= 0.6 is 0 Å². The first-order valence-corrected chi connectivity index (χ1v) is 10.0. The second-order valence-corrected chi connectivity index (χ2v) is 7.49. The Morgan fingerprint density at radius 2 is 2.07 bits per heavy atom. The summed E-state index contributed by atoms with van der Waals surface area (Å²) in [5, 5.41) is 13.8. The largest absolute Gasteiger partial charge is 0.507 e. The molecule has 0 saturated carbocycles. The summed E-state index contributed by atoms with van der Waals surface area (Å²) in [7, 11) is 1.73. The fraction of sp³-hybridized carbons (Fsp3) is 0.435. The molecule has 1 aromatic rings. The van der Waals surface area contributed by atoms with Gasteiger partial charge in [0.15, 0.2) is 0 Å². The van der Waals surface area contributed by atoms with Crippen LogP contribution in [0.1, 0.15) is 39.2 Å². The summed E-state index contributed by atoms with van der Waals surface area (Å²) in [6.07, 6.45) is 6.82. The number of carbonyl (C=O) groups is 1. The minimum atomic E-state index is 0.193. The van der Waals surface area contributed by atoms with Gasteiger partial charge in [-0.3, -0.25) is 14.8 Å². The van der Waals surface area contributed by atoms with Gasteiger partial charge in [-0.25, -0.2) is 0 Å². The quantitative estimate of drug-likeness (QED) is 0.521. The fourth-order valence-corrected chi connectivity index (χ4v) is 3.34. The number of allylic oxidation sites excluding steroid dienone is 4. The van der Waals surface area contributed by atoms with Crippen LogP contribution in [-0.2, 0) is 4.79 Å². The van der Waals surface area contributed by atoms with Crippen LogP contribution in [0.5, 0.6) is 5.75 Å². The summed E-state index contributed by atoms with van der Waals surface area (Å²) in [5.41, 5.74) is 4.14. The Balaban J connectivity index is 2.23. The molecule has 1 unspecified atom stereocenters. The van der Waals surface area contributed by atoms with Gasteiger partial charge >= 0.3 is 0 Å². The average Bonchev–Trinajstić information content (AvgIpc) is 2.72. The fourth-order valence-electron chi connectivity index (χ4n) is 3.34. The van der Waals surface area contributed by atoms with Gasteiger partial charge in [0.1, 0.15) is 5.75 Å². The molecule has 1 heterocycles. The van der Waals surface area contributed by atoms with Crippen LogP contribution in [0.25, 0.3) is 0 Å². The van der Waals surface area contributed by atoms with Crippen molar-refractivity contribution in [3.05, 3.63) is 52.9 Å². The van der Waals surface area contributed by atoms with E-state index in [-0.39, 0.29) is 5.75 Å². The summed E-state index contributed by atoms with van der Waals surface area (Å²) < 4.78 is 0. The second kappa shape index (κ2) is 11.2. The van der Waals surface area contributed by atoms with E-state index in [0.29, 0.717) is 17.2 Å². The summed E-state index contributed by atoms with van der Waals surface area (Å²) in [6, 6.07) is 7.20. The van der Waals surface area contributed by atoms with E-state index in [1.165, 1.54) is 0 Å². The molecule has 1 atom stereocenters. The van der Waals surface area contributed by atoms with E-state index in [1.54, 1.807) is 25.4 Å². The molecule has 1 aliphatic rings.